The van der Waals surface area contributed by atoms with Crippen LogP contribution in [0.1, 0.15) is 32.6 Å². The van der Waals surface area contributed by atoms with Crippen molar-refractivity contribution in [1.82, 2.24) is 34.7 Å². The number of nitrogens with one attached hydrogen (secondary N) is 3. The van der Waals surface area contributed by atoms with Gasteiger partial charge in [0.05, 0.1) is 34.9 Å². The van der Waals surface area contributed by atoms with Crippen molar-refractivity contribution < 1.29 is 4.74 Å². The summed E-state index contributed by atoms with van der Waals surface area (Å²) in [6, 6.07) is 7.10. The standard InChI is InChI=1S/C23H24N8O2/c1-4-31-12-17-19(30-31)20(26-13(3)21-24-9-6-10-25-21)18(23(32)29-17)22-27-15-8-7-14(33-5-2)11-16(15)28-22/h6-13,26H,4-5H2,1-3H3,(H,27,28)(H,29,32)/t13-/m0/s1. The SMILES string of the molecule is CCOc1ccc2nc(-c3c(N[C@@H](C)c4ncccn4)c4nn(CC)cc4[nH]c3=O)[nH]c2c1. The van der Waals surface area contributed by atoms with Gasteiger partial charge in [-0.05, 0) is 39.0 Å². The van der Waals surface area contributed by atoms with E-state index in [0.717, 1.165) is 16.8 Å². The van der Waals surface area contributed by atoms with Gasteiger partial charge < -0.3 is 20.0 Å². The van der Waals surface area contributed by atoms with Crippen LogP contribution in [-0.4, -0.2) is 41.3 Å². The Bertz CT molecular complexity index is 1490. The second-order valence-electron chi connectivity index (χ2n) is 7.62. The molecule has 0 aliphatic carbocycles. The minimum atomic E-state index is -0.272. The number of benzene rings is 1. The van der Waals surface area contributed by atoms with E-state index in [4.69, 9.17) is 4.74 Å². The van der Waals surface area contributed by atoms with E-state index in [1.807, 2.05) is 45.2 Å². The molecule has 1 atom stereocenters. The van der Waals surface area contributed by atoms with Crippen molar-refractivity contribution in [3.8, 4) is 17.1 Å². The molecule has 4 heterocycles. The van der Waals surface area contributed by atoms with Gasteiger partial charge in [-0.25, -0.2) is 15.0 Å². The minimum absolute atomic E-state index is 0.268. The molecule has 0 aliphatic heterocycles. The number of aromatic nitrogens is 7. The molecule has 0 saturated heterocycles. The van der Waals surface area contributed by atoms with Crippen molar-refractivity contribution >= 4 is 27.8 Å². The zero-order valence-corrected chi connectivity index (χ0v) is 18.6. The lowest BCUT2D eigenvalue weighted by Gasteiger charge is -2.16. The molecule has 0 bridgehead atoms. The number of imidazole rings is 1. The Balaban J connectivity index is 1.69. The maximum absolute atomic E-state index is 13.3. The molecule has 33 heavy (non-hydrogen) atoms. The Morgan fingerprint density at radius 2 is 1.97 bits per heavy atom. The molecule has 0 fully saturated rings. The predicted molar refractivity (Wildman–Crippen MR) is 126 cm³/mol. The number of aryl methyl sites for hydroxylation is 1. The third kappa shape index (κ3) is 3.79. The molecule has 1 aromatic carbocycles. The van der Waals surface area contributed by atoms with Crippen molar-refractivity contribution in [3.05, 3.63) is 59.0 Å². The van der Waals surface area contributed by atoms with Crippen LogP contribution >= 0.6 is 0 Å². The summed E-state index contributed by atoms with van der Waals surface area (Å²) in [5.41, 5.74) is 3.47. The lowest BCUT2D eigenvalue weighted by molar-refractivity contribution is 0.340. The van der Waals surface area contributed by atoms with Crippen molar-refractivity contribution in [3.63, 3.8) is 0 Å². The number of anilines is 1. The molecule has 0 aliphatic rings. The largest absolute Gasteiger partial charge is 0.494 e. The van der Waals surface area contributed by atoms with Crippen LogP contribution in [0.3, 0.4) is 0 Å². The first-order valence-corrected chi connectivity index (χ1v) is 10.9. The fourth-order valence-electron chi connectivity index (χ4n) is 3.82. The molecule has 4 aromatic heterocycles. The Morgan fingerprint density at radius 1 is 1.15 bits per heavy atom. The summed E-state index contributed by atoms with van der Waals surface area (Å²) in [7, 11) is 0. The summed E-state index contributed by atoms with van der Waals surface area (Å²) in [6.45, 7) is 7.11. The number of hydrogen-bond donors (Lipinski definition) is 3. The number of aromatic amines is 2. The first kappa shape index (κ1) is 20.7. The van der Waals surface area contributed by atoms with Crippen LogP contribution in [0.25, 0.3) is 33.5 Å². The van der Waals surface area contributed by atoms with E-state index in [2.05, 4.69) is 35.3 Å². The maximum atomic E-state index is 13.3. The van der Waals surface area contributed by atoms with Gasteiger partial charge in [-0.15, -0.1) is 0 Å². The number of pyridine rings is 1. The highest BCUT2D eigenvalue weighted by atomic mass is 16.5. The second kappa shape index (κ2) is 8.38. The molecular formula is C23H24N8O2. The van der Waals surface area contributed by atoms with Gasteiger partial charge in [-0.2, -0.15) is 5.10 Å². The van der Waals surface area contributed by atoms with E-state index >= 15 is 0 Å². The number of rotatable bonds is 7. The molecule has 10 nitrogen and oxygen atoms in total. The van der Waals surface area contributed by atoms with Crippen LogP contribution < -0.4 is 15.6 Å². The Hall–Kier alpha value is -4.21. The first-order valence-electron chi connectivity index (χ1n) is 10.9. The van der Waals surface area contributed by atoms with Gasteiger partial charge in [0.1, 0.15) is 28.5 Å². The van der Waals surface area contributed by atoms with Crippen molar-refractivity contribution in [2.24, 2.45) is 0 Å². The predicted octanol–water partition coefficient (Wildman–Crippen LogP) is 3.65. The highest BCUT2D eigenvalue weighted by molar-refractivity contribution is 5.96. The number of nitrogens with zero attached hydrogens (tertiary/aromatic N) is 5. The molecule has 0 unspecified atom stereocenters. The summed E-state index contributed by atoms with van der Waals surface area (Å²) in [5, 5.41) is 8.10. The maximum Gasteiger partial charge on any atom is 0.261 e. The smallest absolute Gasteiger partial charge is 0.261 e. The average Bonchev–Trinajstić information content (AvgIpc) is 3.43. The van der Waals surface area contributed by atoms with Gasteiger partial charge in [0.25, 0.3) is 5.56 Å². The Labute approximate surface area is 189 Å². The van der Waals surface area contributed by atoms with E-state index in [0.29, 0.717) is 47.1 Å². The van der Waals surface area contributed by atoms with Crippen LogP contribution in [0.15, 0.2) is 47.7 Å². The molecule has 10 heteroatoms. The lowest BCUT2D eigenvalue weighted by atomic mass is 10.1. The monoisotopic (exact) mass is 444 g/mol. The third-order valence-electron chi connectivity index (χ3n) is 5.38. The minimum Gasteiger partial charge on any atom is -0.494 e. The van der Waals surface area contributed by atoms with E-state index in [9.17, 15) is 4.79 Å². The fraction of sp³-hybridized carbons (Fsp3) is 0.261. The molecule has 5 rings (SSSR count). The molecule has 0 saturated carbocycles. The molecule has 5 aromatic rings. The van der Waals surface area contributed by atoms with Crippen LogP contribution in [0.4, 0.5) is 5.69 Å². The van der Waals surface area contributed by atoms with Gasteiger partial charge in [0, 0.05) is 31.2 Å². The topological polar surface area (TPSA) is 126 Å². The highest BCUT2D eigenvalue weighted by Crippen LogP contribution is 2.32. The summed E-state index contributed by atoms with van der Waals surface area (Å²) >= 11 is 0. The van der Waals surface area contributed by atoms with Crippen LogP contribution in [0.2, 0.25) is 0 Å². The van der Waals surface area contributed by atoms with Crippen LogP contribution in [0.5, 0.6) is 5.75 Å². The van der Waals surface area contributed by atoms with Crippen LogP contribution in [-0.2, 0) is 6.54 Å². The number of ether oxygens (including phenoxy) is 1. The van der Waals surface area contributed by atoms with Crippen molar-refractivity contribution in [2.45, 2.75) is 33.4 Å². The zero-order valence-electron chi connectivity index (χ0n) is 18.6. The molecule has 168 valence electrons. The summed E-state index contributed by atoms with van der Waals surface area (Å²) in [6.07, 6.45) is 5.20. The van der Waals surface area contributed by atoms with Gasteiger partial charge in [0.15, 0.2) is 0 Å². The van der Waals surface area contributed by atoms with Crippen molar-refractivity contribution in [2.75, 3.05) is 11.9 Å². The average molecular weight is 444 g/mol. The molecular weight excluding hydrogens is 420 g/mol. The fourth-order valence-corrected chi connectivity index (χ4v) is 3.82. The van der Waals surface area contributed by atoms with E-state index in [1.165, 1.54) is 0 Å². The Kier molecular flexibility index (Phi) is 5.25. The molecule has 0 spiro atoms. The van der Waals surface area contributed by atoms with E-state index < -0.39 is 0 Å². The normalized spacial score (nSPS) is 12.3. The summed E-state index contributed by atoms with van der Waals surface area (Å²) in [4.78, 5) is 32.9. The summed E-state index contributed by atoms with van der Waals surface area (Å²) < 4.78 is 7.38. The van der Waals surface area contributed by atoms with E-state index in [1.54, 1.807) is 23.1 Å². The van der Waals surface area contributed by atoms with Gasteiger partial charge >= 0.3 is 0 Å². The third-order valence-corrected chi connectivity index (χ3v) is 5.38. The molecule has 0 radical (unpaired) electrons. The number of hydrogen-bond acceptors (Lipinski definition) is 7. The van der Waals surface area contributed by atoms with Crippen LogP contribution in [0, 0.1) is 0 Å². The Morgan fingerprint density at radius 3 is 2.73 bits per heavy atom. The zero-order chi connectivity index (χ0) is 22.9. The highest BCUT2D eigenvalue weighted by Gasteiger charge is 2.22. The second-order valence-corrected chi connectivity index (χ2v) is 7.62. The van der Waals surface area contributed by atoms with Crippen molar-refractivity contribution in [1.29, 1.82) is 0 Å². The quantitative estimate of drug-likeness (QED) is 0.350. The molecule has 0 amide bonds. The molecule has 3 N–H and O–H groups in total. The van der Waals surface area contributed by atoms with Gasteiger partial charge in [0.2, 0.25) is 0 Å². The lowest BCUT2D eigenvalue weighted by Crippen LogP contribution is -2.17. The van der Waals surface area contributed by atoms with Gasteiger partial charge in [-0.3, -0.25) is 9.48 Å². The number of fused-ring (bicyclic) bond motifs is 2. The first-order chi connectivity index (χ1) is 16.1. The number of H-pyrrole nitrogens is 2. The summed E-state index contributed by atoms with van der Waals surface area (Å²) in [5.74, 6) is 1.79. The van der Waals surface area contributed by atoms with Gasteiger partial charge in [-0.1, -0.05) is 0 Å². The van der Waals surface area contributed by atoms with E-state index in [-0.39, 0.29) is 11.6 Å².